The van der Waals surface area contributed by atoms with Crippen LogP contribution in [0, 0.1) is 40.4 Å². The molecule has 3 saturated carbocycles. The molecule has 5 nitrogen and oxygen atoms in total. The molecule has 5 heteroatoms. The molecule has 0 amide bonds. The summed E-state index contributed by atoms with van der Waals surface area (Å²) in [6.45, 7) is 9.68. The number of allylic oxidation sites excluding steroid dienone is 1. The van der Waals surface area contributed by atoms with E-state index in [-0.39, 0.29) is 16.7 Å². The number of aldehydes is 1. The molecule has 0 aromatic heterocycles. The molecule has 0 N–H and O–H groups in total. The van der Waals surface area contributed by atoms with Gasteiger partial charge >= 0.3 is 11.9 Å². The zero-order chi connectivity index (χ0) is 22.6. The third-order valence-corrected chi connectivity index (χ3v) is 9.69. The summed E-state index contributed by atoms with van der Waals surface area (Å²) in [4.78, 5) is 35.1. The van der Waals surface area contributed by atoms with E-state index in [2.05, 4.69) is 26.8 Å². The van der Waals surface area contributed by atoms with E-state index < -0.39 is 17.7 Å². The van der Waals surface area contributed by atoms with E-state index in [0.717, 1.165) is 19.1 Å². The standard InChI is InChI=1S/C26H38O5/c1-16(15-27)21-8-9-22-20-7-6-19-14-26(30-17(2)28,31-18(3)29)13-12-24(19,4)23(20)10-11-25(21,22)5/h6,15-16,20-23H,7-14H2,1-5H3/t16?,20-,21+,22-,23-,24-,25+/m0/s1. The molecule has 4 rings (SSSR count). The first kappa shape index (κ1) is 22.5. The number of fused-ring (bicyclic) bond motifs is 5. The van der Waals surface area contributed by atoms with Crippen LogP contribution in [0.1, 0.15) is 86.0 Å². The summed E-state index contributed by atoms with van der Waals surface area (Å²) in [7, 11) is 0. The monoisotopic (exact) mass is 430 g/mol. The van der Waals surface area contributed by atoms with E-state index >= 15 is 0 Å². The minimum atomic E-state index is -1.16. The van der Waals surface area contributed by atoms with Crippen molar-refractivity contribution in [1.82, 2.24) is 0 Å². The molecule has 0 spiro atoms. The van der Waals surface area contributed by atoms with E-state index in [4.69, 9.17) is 9.47 Å². The molecule has 4 aliphatic carbocycles. The van der Waals surface area contributed by atoms with Crippen LogP contribution in [0.5, 0.6) is 0 Å². The maximum Gasteiger partial charge on any atom is 0.305 e. The Kier molecular flexibility index (Phi) is 5.63. The number of esters is 2. The zero-order valence-electron chi connectivity index (χ0n) is 19.7. The van der Waals surface area contributed by atoms with Crippen LogP contribution in [0.25, 0.3) is 0 Å². The lowest BCUT2D eigenvalue weighted by Crippen LogP contribution is -2.54. The molecule has 0 bridgehead atoms. The summed E-state index contributed by atoms with van der Waals surface area (Å²) in [5.41, 5.74) is 1.61. The maximum absolute atomic E-state index is 11.8. The quantitative estimate of drug-likeness (QED) is 0.265. The minimum Gasteiger partial charge on any atom is -0.422 e. The fourth-order valence-electron chi connectivity index (χ4n) is 8.32. The molecular formula is C26H38O5. The second-order valence-electron chi connectivity index (χ2n) is 11.3. The first-order valence-corrected chi connectivity index (χ1v) is 12.1. The lowest BCUT2D eigenvalue weighted by molar-refractivity contribution is -0.238. The van der Waals surface area contributed by atoms with Crippen LogP contribution in [0.4, 0.5) is 0 Å². The molecular weight excluding hydrogens is 392 g/mol. The number of carbonyl (C=O) groups excluding carboxylic acids is 3. The van der Waals surface area contributed by atoms with Gasteiger partial charge in [-0.25, -0.2) is 0 Å². The fourth-order valence-corrected chi connectivity index (χ4v) is 8.32. The van der Waals surface area contributed by atoms with Gasteiger partial charge in [0, 0.05) is 32.6 Å². The highest BCUT2D eigenvalue weighted by Gasteiger charge is 2.61. The average molecular weight is 431 g/mol. The first-order valence-electron chi connectivity index (χ1n) is 12.1. The third kappa shape index (κ3) is 3.56. The number of rotatable bonds is 4. The predicted octanol–water partition coefficient (Wildman–Crippen LogP) is 5.22. The average Bonchev–Trinajstić information content (AvgIpc) is 3.04. The van der Waals surface area contributed by atoms with Crippen molar-refractivity contribution < 1.29 is 23.9 Å². The van der Waals surface area contributed by atoms with Crippen LogP contribution < -0.4 is 0 Å². The van der Waals surface area contributed by atoms with Crippen LogP contribution in [-0.2, 0) is 23.9 Å². The van der Waals surface area contributed by atoms with Crippen LogP contribution >= 0.6 is 0 Å². The van der Waals surface area contributed by atoms with Gasteiger partial charge in [-0.1, -0.05) is 32.4 Å². The molecule has 0 aliphatic heterocycles. The van der Waals surface area contributed by atoms with Crippen molar-refractivity contribution in [2.45, 2.75) is 91.8 Å². The highest BCUT2D eigenvalue weighted by molar-refractivity contribution is 5.69. The normalized spacial score (nSPS) is 41.6. The van der Waals surface area contributed by atoms with E-state index in [0.29, 0.717) is 36.5 Å². The molecule has 4 aliphatic rings. The van der Waals surface area contributed by atoms with Crippen molar-refractivity contribution in [3.63, 3.8) is 0 Å². The molecule has 31 heavy (non-hydrogen) atoms. The maximum atomic E-state index is 11.8. The van der Waals surface area contributed by atoms with Gasteiger partial charge in [-0.15, -0.1) is 0 Å². The Morgan fingerprint density at radius 3 is 2.32 bits per heavy atom. The molecule has 0 aromatic rings. The van der Waals surface area contributed by atoms with Gasteiger partial charge in [0.05, 0.1) is 0 Å². The fraction of sp³-hybridized carbons (Fsp3) is 0.808. The molecule has 1 unspecified atom stereocenters. The van der Waals surface area contributed by atoms with E-state index in [9.17, 15) is 14.4 Å². The molecule has 0 radical (unpaired) electrons. The van der Waals surface area contributed by atoms with Crippen LogP contribution in [0.15, 0.2) is 11.6 Å². The van der Waals surface area contributed by atoms with Gasteiger partial charge in [0.2, 0.25) is 0 Å². The summed E-state index contributed by atoms with van der Waals surface area (Å²) in [6.07, 6.45) is 11.2. The summed E-state index contributed by atoms with van der Waals surface area (Å²) < 4.78 is 11.2. The summed E-state index contributed by atoms with van der Waals surface area (Å²) in [6, 6.07) is 0. The summed E-state index contributed by atoms with van der Waals surface area (Å²) in [5.74, 6) is 0.580. The van der Waals surface area contributed by atoms with Gasteiger partial charge in [-0.05, 0) is 73.0 Å². The predicted molar refractivity (Wildman–Crippen MR) is 117 cm³/mol. The second-order valence-corrected chi connectivity index (χ2v) is 11.3. The molecule has 172 valence electrons. The van der Waals surface area contributed by atoms with E-state index in [1.165, 1.54) is 45.1 Å². The lowest BCUT2D eigenvalue weighted by Gasteiger charge is -2.59. The van der Waals surface area contributed by atoms with Crippen molar-refractivity contribution in [2.75, 3.05) is 0 Å². The highest BCUT2D eigenvalue weighted by Crippen LogP contribution is 2.67. The first-order chi connectivity index (χ1) is 14.5. The number of hydrogen-bond donors (Lipinski definition) is 0. The third-order valence-electron chi connectivity index (χ3n) is 9.69. The Morgan fingerprint density at radius 2 is 1.71 bits per heavy atom. The van der Waals surface area contributed by atoms with Gasteiger partial charge in [0.25, 0.3) is 5.79 Å². The Morgan fingerprint density at radius 1 is 1.03 bits per heavy atom. The van der Waals surface area contributed by atoms with Gasteiger partial charge in [0.1, 0.15) is 6.29 Å². The topological polar surface area (TPSA) is 69.7 Å². The molecule has 0 saturated heterocycles. The number of ether oxygens (including phenoxy) is 2. The Labute approximate surface area is 186 Å². The highest BCUT2D eigenvalue weighted by atomic mass is 16.7. The molecule has 0 aromatic carbocycles. The lowest BCUT2D eigenvalue weighted by atomic mass is 9.47. The Balaban J connectivity index is 1.61. The van der Waals surface area contributed by atoms with E-state index in [1.807, 2.05) is 0 Å². The minimum absolute atomic E-state index is 0.0579. The second kappa shape index (κ2) is 7.74. The summed E-state index contributed by atoms with van der Waals surface area (Å²) in [5, 5.41) is 0. The van der Waals surface area contributed by atoms with Gasteiger partial charge in [-0.3, -0.25) is 9.59 Å². The SMILES string of the molecule is CC(=O)OC1(OC(C)=O)CC[C@@]2(C)C(=CC[C@H]3[C@@H]4CC[C@H](C(C)C=O)[C@@]4(C)CC[C@@H]32)C1. The molecule has 0 heterocycles. The van der Waals surface area contributed by atoms with Gasteiger partial charge in [-0.2, -0.15) is 0 Å². The largest absolute Gasteiger partial charge is 0.422 e. The number of carbonyl (C=O) groups is 3. The Bertz CT molecular complexity index is 784. The zero-order valence-corrected chi connectivity index (χ0v) is 19.7. The van der Waals surface area contributed by atoms with Gasteiger partial charge < -0.3 is 14.3 Å². The van der Waals surface area contributed by atoms with Crippen molar-refractivity contribution in [3.8, 4) is 0 Å². The number of hydrogen-bond acceptors (Lipinski definition) is 5. The van der Waals surface area contributed by atoms with Crippen molar-refractivity contribution in [1.29, 1.82) is 0 Å². The molecule has 7 atom stereocenters. The molecule has 3 fully saturated rings. The smallest absolute Gasteiger partial charge is 0.305 e. The van der Waals surface area contributed by atoms with Crippen molar-refractivity contribution in [3.05, 3.63) is 11.6 Å². The Hall–Kier alpha value is -1.65. The van der Waals surface area contributed by atoms with E-state index in [1.54, 1.807) is 0 Å². The van der Waals surface area contributed by atoms with Crippen molar-refractivity contribution in [2.24, 2.45) is 40.4 Å². The van der Waals surface area contributed by atoms with Crippen LogP contribution in [0.2, 0.25) is 0 Å². The van der Waals surface area contributed by atoms with Crippen LogP contribution in [-0.4, -0.2) is 24.0 Å². The summed E-state index contributed by atoms with van der Waals surface area (Å²) >= 11 is 0. The van der Waals surface area contributed by atoms with Gasteiger partial charge in [0.15, 0.2) is 0 Å². The van der Waals surface area contributed by atoms with Crippen LogP contribution in [0.3, 0.4) is 0 Å². The van der Waals surface area contributed by atoms with Crippen molar-refractivity contribution >= 4 is 18.2 Å².